The highest BCUT2D eigenvalue weighted by atomic mass is 79.9. The topological polar surface area (TPSA) is 26.0 Å². The molecule has 18 heavy (non-hydrogen) atoms. The van der Waals surface area contributed by atoms with Gasteiger partial charge in [-0.25, -0.2) is 0 Å². The van der Waals surface area contributed by atoms with Gasteiger partial charge in [-0.1, -0.05) is 54.8 Å². The zero-order valence-corrected chi connectivity index (χ0v) is 13.0. The van der Waals surface area contributed by atoms with Crippen molar-refractivity contribution in [3.05, 3.63) is 34.3 Å². The molecule has 0 aromatic heterocycles. The van der Waals surface area contributed by atoms with Crippen molar-refractivity contribution in [2.75, 3.05) is 0 Å². The van der Waals surface area contributed by atoms with Crippen LogP contribution in [0.15, 0.2) is 28.7 Å². The fourth-order valence-corrected chi connectivity index (χ4v) is 3.67. The Labute approximate surface area is 119 Å². The molecule has 2 rings (SSSR count). The summed E-state index contributed by atoms with van der Waals surface area (Å²) in [6.45, 7) is 4.66. The van der Waals surface area contributed by atoms with E-state index in [1.54, 1.807) is 0 Å². The Morgan fingerprint density at radius 1 is 1.44 bits per heavy atom. The van der Waals surface area contributed by atoms with Gasteiger partial charge in [0.15, 0.2) is 0 Å². The Bertz CT molecular complexity index is 402. The van der Waals surface area contributed by atoms with Gasteiger partial charge < -0.3 is 5.73 Å². The summed E-state index contributed by atoms with van der Waals surface area (Å²) < 4.78 is 1.15. The first-order valence-corrected chi connectivity index (χ1v) is 7.81. The first-order valence-electron chi connectivity index (χ1n) is 7.02. The van der Waals surface area contributed by atoms with Gasteiger partial charge in [0, 0.05) is 10.0 Å². The molecule has 0 aliphatic heterocycles. The fraction of sp³-hybridized carbons (Fsp3) is 0.625. The van der Waals surface area contributed by atoms with E-state index < -0.39 is 0 Å². The summed E-state index contributed by atoms with van der Waals surface area (Å²) in [5, 5.41) is 0. The van der Waals surface area contributed by atoms with Gasteiger partial charge in [0.2, 0.25) is 0 Å². The number of hydrogen-bond acceptors (Lipinski definition) is 1. The van der Waals surface area contributed by atoms with E-state index in [9.17, 15) is 0 Å². The molecular formula is C16H24BrN. The van der Waals surface area contributed by atoms with Crippen molar-refractivity contribution in [2.45, 2.75) is 51.5 Å². The number of hydrogen-bond donors (Lipinski definition) is 1. The van der Waals surface area contributed by atoms with E-state index in [1.807, 2.05) is 0 Å². The maximum Gasteiger partial charge on any atom is 0.0197 e. The second kappa shape index (κ2) is 5.75. The average molecular weight is 310 g/mol. The van der Waals surface area contributed by atoms with E-state index in [-0.39, 0.29) is 5.54 Å². The molecule has 2 N–H and O–H groups in total. The zero-order chi connectivity index (χ0) is 13.2. The molecule has 1 aromatic rings. The minimum atomic E-state index is 0.00792. The van der Waals surface area contributed by atoms with Crippen molar-refractivity contribution >= 4 is 15.9 Å². The quantitative estimate of drug-likeness (QED) is 0.872. The van der Waals surface area contributed by atoms with Gasteiger partial charge in [-0.15, -0.1) is 0 Å². The van der Waals surface area contributed by atoms with Crippen LogP contribution in [0.4, 0.5) is 0 Å². The predicted molar refractivity (Wildman–Crippen MR) is 81.6 cm³/mol. The first-order chi connectivity index (χ1) is 8.48. The summed E-state index contributed by atoms with van der Waals surface area (Å²) in [5.74, 6) is 1.56. The van der Waals surface area contributed by atoms with Gasteiger partial charge in [0.25, 0.3) is 0 Å². The lowest BCUT2D eigenvalue weighted by atomic mass is 9.70. The second-order valence-corrected chi connectivity index (χ2v) is 7.19. The van der Waals surface area contributed by atoms with Crippen LogP contribution in [0.1, 0.15) is 45.1 Å². The van der Waals surface area contributed by atoms with E-state index in [1.165, 1.54) is 31.2 Å². The van der Waals surface area contributed by atoms with E-state index in [4.69, 9.17) is 5.73 Å². The lowest BCUT2D eigenvalue weighted by Crippen LogP contribution is -2.47. The van der Waals surface area contributed by atoms with Crippen LogP contribution in [0.25, 0.3) is 0 Å². The smallest absolute Gasteiger partial charge is 0.0197 e. The lowest BCUT2D eigenvalue weighted by molar-refractivity contribution is 0.182. The van der Waals surface area contributed by atoms with Crippen molar-refractivity contribution < 1.29 is 0 Å². The summed E-state index contributed by atoms with van der Waals surface area (Å²) >= 11 is 3.54. The predicted octanol–water partition coefficient (Wildman–Crippen LogP) is 4.54. The number of benzene rings is 1. The minimum Gasteiger partial charge on any atom is -0.325 e. The molecule has 0 heterocycles. The van der Waals surface area contributed by atoms with Crippen LogP contribution < -0.4 is 5.73 Å². The molecule has 2 atom stereocenters. The Morgan fingerprint density at radius 3 is 2.89 bits per heavy atom. The van der Waals surface area contributed by atoms with Crippen LogP contribution in [0.3, 0.4) is 0 Å². The van der Waals surface area contributed by atoms with Crippen LogP contribution in [0.5, 0.6) is 0 Å². The second-order valence-electron chi connectivity index (χ2n) is 6.27. The molecule has 1 fully saturated rings. The highest BCUT2D eigenvalue weighted by molar-refractivity contribution is 9.10. The molecule has 0 radical (unpaired) electrons. The molecule has 2 heteroatoms. The largest absolute Gasteiger partial charge is 0.325 e. The SMILES string of the molecule is CC(C)C1CCCC(N)(Cc2cccc(Br)c2)C1. The molecular weight excluding hydrogens is 286 g/mol. The first kappa shape index (κ1) is 14.1. The molecule has 100 valence electrons. The molecule has 1 nitrogen and oxygen atoms in total. The van der Waals surface area contributed by atoms with E-state index in [2.05, 4.69) is 54.0 Å². The molecule has 1 aliphatic carbocycles. The molecule has 0 saturated heterocycles. The van der Waals surface area contributed by atoms with Gasteiger partial charge in [-0.05, 0) is 48.8 Å². The maximum atomic E-state index is 6.65. The van der Waals surface area contributed by atoms with Crippen LogP contribution in [-0.4, -0.2) is 5.54 Å². The molecule has 2 unspecified atom stereocenters. The third-order valence-electron chi connectivity index (χ3n) is 4.31. The maximum absolute atomic E-state index is 6.65. The minimum absolute atomic E-state index is 0.00792. The van der Waals surface area contributed by atoms with Gasteiger partial charge in [0.1, 0.15) is 0 Å². The van der Waals surface area contributed by atoms with Crippen molar-refractivity contribution in [3.8, 4) is 0 Å². The third kappa shape index (κ3) is 3.58. The Hall–Kier alpha value is -0.340. The van der Waals surface area contributed by atoms with Crippen LogP contribution in [0, 0.1) is 11.8 Å². The summed E-state index contributed by atoms with van der Waals surface area (Å²) in [5.41, 5.74) is 8.02. The zero-order valence-electron chi connectivity index (χ0n) is 11.5. The summed E-state index contributed by atoms with van der Waals surface area (Å²) in [4.78, 5) is 0. The lowest BCUT2D eigenvalue weighted by Gasteiger charge is -2.40. The van der Waals surface area contributed by atoms with E-state index in [0.29, 0.717) is 0 Å². The van der Waals surface area contributed by atoms with Crippen molar-refractivity contribution in [1.29, 1.82) is 0 Å². The van der Waals surface area contributed by atoms with Crippen LogP contribution in [-0.2, 0) is 6.42 Å². The van der Waals surface area contributed by atoms with Crippen molar-refractivity contribution in [2.24, 2.45) is 17.6 Å². The fourth-order valence-electron chi connectivity index (χ4n) is 3.23. The monoisotopic (exact) mass is 309 g/mol. The van der Waals surface area contributed by atoms with Gasteiger partial charge in [0.05, 0.1) is 0 Å². The Kier molecular flexibility index (Phi) is 4.50. The summed E-state index contributed by atoms with van der Waals surface area (Å²) in [6.07, 6.45) is 6.00. The molecule has 1 aliphatic rings. The Morgan fingerprint density at radius 2 is 2.22 bits per heavy atom. The van der Waals surface area contributed by atoms with E-state index in [0.717, 1.165) is 22.7 Å². The number of nitrogens with two attached hydrogens (primary N) is 1. The van der Waals surface area contributed by atoms with Gasteiger partial charge >= 0.3 is 0 Å². The van der Waals surface area contributed by atoms with Gasteiger partial charge in [-0.3, -0.25) is 0 Å². The standard InChI is InChI=1S/C16H24BrN/c1-12(2)14-6-4-8-16(18,11-14)10-13-5-3-7-15(17)9-13/h3,5,7,9,12,14H,4,6,8,10-11,18H2,1-2H3. The molecule has 0 amide bonds. The highest BCUT2D eigenvalue weighted by Gasteiger charge is 2.33. The molecule has 0 bridgehead atoms. The highest BCUT2D eigenvalue weighted by Crippen LogP contribution is 2.37. The third-order valence-corrected chi connectivity index (χ3v) is 4.80. The molecule has 0 spiro atoms. The molecule has 1 aromatic carbocycles. The Balaban J connectivity index is 2.07. The number of halogens is 1. The average Bonchev–Trinajstić information content (AvgIpc) is 2.28. The molecule has 1 saturated carbocycles. The van der Waals surface area contributed by atoms with Crippen LogP contribution in [0.2, 0.25) is 0 Å². The number of rotatable bonds is 3. The summed E-state index contributed by atoms with van der Waals surface area (Å²) in [6, 6.07) is 8.57. The van der Waals surface area contributed by atoms with Gasteiger partial charge in [-0.2, -0.15) is 0 Å². The summed E-state index contributed by atoms with van der Waals surface area (Å²) in [7, 11) is 0. The van der Waals surface area contributed by atoms with E-state index >= 15 is 0 Å². The van der Waals surface area contributed by atoms with Crippen molar-refractivity contribution in [3.63, 3.8) is 0 Å². The normalized spacial score (nSPS) is 28.6. The van der Waals surface area contributed by atoms with Crippen molar-refractivity contribution in [1.82, 2.24) is 0 Å². The van der Waals surface area contributed by atoms with Crippen LogP contribution >= 0.6 is 15.9 Å².